The largest absolute Gasteiger partial charge is 0.325 e. The summed E-state index contributed by atoms with van der Waals surface area (Å²) in [5, 5.41) is 2.75. The molecule has 0 radical (unpaired) electrons. The number of hydrogen-bond acceptors (Lipinski definition) is 1. The summed E-state index contributed by atoms with van der Waals surface area (Å²) in [6.45, 7) is 5.24. The van der Waals surface area contributed by atoms with E-state index in [1.807, 2.05) is 0 Å². The van der Waals surface area contributed by atoms with Crippen LogP contribution in [0.3, 0.4) is 0 Å². The summed E-state index contributed by atoms with van der Waals surface area (Å²) in [5.74, 6) is -0.313. The molecule has 1 N–H and O–H groups in total. The van der Waals surface area contributed by atoms with Gasteiger partial charge in [0.2, 0.25) is 5.91 Å². The van der Waals surface area contributed by atoms with E-state index in [9.17, 15) is 9.18 Å². The topological polar surface area (TPSA) is 29.1 Å². The van der Waals surface area contributed by atoms with Crippen LogP contribution in [-0.2, 0) is 4.79 Å². The monoisotopic (exact) mass is 321 g/mol. The molecular weight excluding hydrogens is 308 g/mol. The number of carbonyl (C=O) groups is 1. The Bertz CT molecular complexity index is 448. The number of halogens is 3. The fourth-order valence-electron chi connectivity index (χ4n) is 1.13. The molecule has 0 atom stereocenters. The summed E-state index contributed by atoms with van der Waals surface area (Å²) in [6.07, 6.45) is 0. The zero-order valence-electron chi connectivity index (χ0n) is 9.90. The third-order valence-corrected chi connectivity index (χ3v) is 3.74. The van der Waals surface area contributed by atoms with Gasteiger partial charge in [0.15, 0.2) is 0 Å². The predicted octanol–water partition coefficient (Wildman–Crippen LogP) is 4.10. The summed E-state index contributed by atoms with van der Waals surface area (Å²) >= 11 is 8.81. The number of benzene rings is 1. The van der Waals surface area contributed by atoms with Gasteiger partial charge in [-0.2, -0.15) is 0 Å². The summed E-state index contributed by atoms with van der Waals surface area (Å²) in [6, 6.07) is 2.92. The number of amides is 1. The van der Waals surface area contributed by atoms with Gasteiger partial charge in [0.25, 0.3) is 0 Å². The van der Waals surface area contributed by atoms with Gasteiger partial charge < -0.3 is 5.32 Å². The van der Waals surface area contributed by atoms with E-state index in [1.165, 1.54) is 6.07 Å². The molecule has 0 aliphatic rings. The van der Waals surface area contributed by atoms with Gasteiger partial charge in [-0.05, 0) is 54.4 Å². The lowest BCUT2D eigenvalue weighted by molar-refractivity contribution is -0.122. The van der Waals surface area contributed by atoms with Crippen molar-refractivity contribution >= 4 is 39.1 Å². The van der Waals surface area contributed by atoms with E-state index >= 15 is 0 Å². The van der Waals surface area contributed by atoms with Crippen LogP contribution < -0.4 is 5.32 Å². The molecule has 0 unspecified atom stereocenters. The second-order valence-corrected chi connectivity index (χ2v) is 5.67. The molecule has 0 saturated carbocycles. The van der Waals surface area contributed by atoms with Gasteiger partial charge in [-0.25, -0.2) is 4.39 Å². The first kappa shape index (κ1) is 14.5. The van der Waals surface area contributed by atoms with Crippen LogP contribution >= 0.6 is 27.5 Å². The van der Waals surface area contributed by atoms with Gasteiger partial charge >= 0.3 is 0 Å². The summed E-state index contributed by atoms with van der Waals surface area (Å²) in [5.41, 5.74) is 0.598. The number of alkyl halides is 1. The lowest BCUT2D eigenvalue weighted by Gasteiger charge is -2.21. The minimum Gasteiger partial charge on any atom is -0.325 e. The molecule has 0 fully saturated rings. The first-order valence-electron chi connectivity index (χ1n) is 5.11. The lowest BCUT2D eigenvalue weighted by Crippen LogP contribution is -2.32. The molecule has 1 aromatic rings. The maximum atomic E-state index is 13.2. The molecule has 0 spiro atoms. The second kappa shape index (κ2) is 5.36. The minimum absolute atomic E-state index is 0.186. The first-order chi connectivity index (χ1) is 7.77. The van der Waals surface area contributed by atoms with Crippen molar-refractivity contribution in [1.82, 2.24) is 0 Å². The van der Waals surface area contributed by atoms with E-state index in [-0.39, 0.29) is 17.6 Å². The Morgan fingerprint density at radius 3 is 2.65 bits per heavy atom. The van der Waals surface area contributed by atoms with Crippen molar-refractivity contribution in [3.05, 3.63) is 28.0 Å². The van der Waals surface area contributed by atoms with Crippen LogP contribution in [0, 0.1) is 18.2 Å². The Morgan fingerprint density at radius 2 is 2.12 bits per heavy atom. The van der Waals surface area contributed by atoms with E-state index in [4.69, 9.17) is 11.6 Å². The van der Waals surface area contributed by atoms with Crippen molar-refractivity contribution in [3.63, 3.8) is 0 Å². The predicted molar refractivity (Wildman–Crippen MR) is 72.0 cm³/mol. The van der Waals surface area contributed by atoms with E-state index in [2.05, 4.69) is 21.2 Å². The van der Waals surface area contributed by atoms with Gasteiger partial charge in [-0.1, -0.05) is 0 Å². The number of aryl methyl sites for hydroxylation is 1. The third-order valence-electron chi connectivity index (χ3n) is 2.46. The molecule has 5 heteroatoms. The Kier molecular flexibility index (Phi) is 4.55. The van der Waals surface area contributed by atoms with Crippen molar-refractivity contribution in [1.29, 1.82) is 0 Å². The Balaban J connectivity index is 2.97. The molecule has 0 aliphatic carbocycles. The number of carbonyl (C=O) groups excluding carboxylic acids is 1. The molecule has 0 aromatic heterocycles. The van der Waals surface area contributed by atoms with Gasteiger partial charge in [-0.15, -0.1) is 11.6 Å². The normalized spacial score (nSPS) is 11.4. The number of hydrogen-bond donors (Lipinski definition) is 1. The zero-order valence-corrected chi connectivity index (χ0v) is 12.2. The average Bonchev–Trinajstić information content (AvgIpc) is 2.25. The van der Waals surface area contributed by atoms with Crippen LogP contribution in [0.2, 0.25) is 0 Å². The molecule has 0 heterocycles. The highest BCUT2D eigenvalue weighted by molar-refractivity contribution is 9.10. The van der Waals surface area contributed by atoms with Crippen molar-refractivity contribution in [2.24, 2.45) is 5.41 Å². The number of nitrogens with one attached hydrogen (secondary N) is 1. The molecule has 17 heavy (non-hydrogen) atoms. The molecule has 0 bridgehead atoms. The van der Waals surface area contributed by atoms with E-state index < -0.39 is 5.41 Å². The highest BCUT2D eigenvalue weighted by atomic mass is 79.9. The molecule has 1 aromatic carbocycles. The van der Waals surface area contributed by atoms with Gasteiger partial charge in [0, 0.05) is 11.6 Å². The van der Waals surface area contributed by atoms with Crippen LogP contribution in [0.1, 0.15) is 19.4 Å². The van der Waals surface area contributed by atoms with Crippen molar-refractivity contribution in [2.45, 2.75) is 20.8 Å². The number of rotatable bonds is 3. The van der Waals surface area contributed by atoms with E-state index in [1.54, 1.807) is 26.8 Å². The summed E-state index contributed by atoms with van der Waals surface area (Å²) in [4.78, 5) is 11.9. The molecule has 2 nitrogen and oxygen atoms in total. The number of anilines is 1. The Labute approximate surface area is 114 Å². The first-order valence-corrected chi connectivity index (χ1v) is 6.44. The lowest BCUT2D eigenvalue weighted by atomic mass is 9.95. The van der Waals surface area contributed by atoms with Crippen LogP contribution in [0.5, 0.6) is 0 Å². The quantitative estimate of drug-likeness (QED) is 0.834. The molecule has 0 aliphatic heterocycles. The summed E-state index contributed by atoms with van der Waals surface area (Å²) < 4.78 is 13.5. The van der Waals surface area contributed by atoms with Crippen molar-refractivity contribution in [3.8, 4) is 0 Å². The van der Waals surface area contributed by atoms with Crippen LogP contribution in [0.25, 0.3) is 0 Å². The maximum Gasteiger partial charge on any atom is 0.231 e. The minimum atomic E-state index is -0.658. The Morgan fingerprint density at radius 1 is 1.53 bits per heavy atom. The van der Waals surface area contributed by atoms with Crippen LogP contribution in [0.15, 0.2) is 16.6 Å². The second-order valence-electron chi connectivity index (χ2n) is 4.55. The smallest absolute Gasteiger partial charge is 0.231 e. The molecule has 1 rings (SSSR count). The van der Waals surface area contributed by atoms with E-state index in [0.717, 1.165) is 0 Å². The molecule has 94 valence electrons. The highest BCUT2D eigenvalue weighted by Gasteiger charge is 2.26. The molecule has 0 saturated heterocycles. The van der Waals surface area contributed by atoms with Gasteiger partial charge in [0.1, 0.15) is 5.82 Å². The van der Waals surface area contributed by atoms with Crippen LogP contribution in [-0.4, -0.2) is 11.8 Å². The van der Waals surface area contributed by atoms with Crippen molar-refractivity contribution in [2.75, 3.05) is 11.2 Å². The highest BCUT2D eigenvalue weighted by Crippen LogP contribution is 2.26. The fraction of sp³-hybridized carbons (Fsp3) is 0.417. The van der Waals surface area contributed by atoms with Gasteiger partial charge in [-0.3, -0.25) is 4.79 Å². The third kappa shape index (κ3) is 3.42. The SMILES string of the molecule is Cc1cc(F)c(Br)cc1NC(=O)C(C)(C)CCl. The van der Waals surface area contributed by atoms with Crippen LogP contribution in [0.4, 0.5) is 10.1 Å². The van der Waals surface area contributed by atoms with Crippen molar-refractivity contribution < 1.29 is 9.18 Å². The fourth-order valence-corrected chi connectivity index (χ4v) is 1.60. The van der Waals surface area contributed by atoms with Gasteiger partial charge in [0.05, 0.1) is 9.89 Å². The van der Waals surface area contributed by atoms with E-state index in [0.29, 0.717) is 15.7 Å². The molecule has 1 amide bonds. The average molecular weight is 323 g/mol. The maximum absolute atomic E-state index is 13.2. The zero-order chi connectivity index (χ0) is 13.2. The molecular formula is C12H14BrClFNO. The standard InChI is InChI=1S/C12H14BrClFNO/c1-7-4-9(15)8(13)5-10(7)16-11(17)12(2,3)6-14/h4-5H,6H2,1-3H3,(H,16,17). The summed E-state index contributed by atoms with van der Waals surface area (Å²) in [7, 11) is 0. The Hall–Kier alpha value is -0.610.